The standard InChI is InChI=1S/C11H8FN3O3/c12-10-8(3-1-4-9(10)15(17)18)7-14-6-2-5-13-11(14)16/h1-6H,7H2. The Bertz CT molecular complexity index is 654. The maximum absolute atomic E-state index is 13.8. The van der Waals surface area contributed by atoms with Crippen LogP contribution in [-0.4, -0.2) is 14.5 Å². The van der Waals surface area contributed by atoms with Gasteiger partial charge >= 0.3 is 11.4 Å². The molecule has 1 aromatic carbocycles. The smallest absolute Gasteiger partial charge is 0.295 e. The highest BCUT2D eigenvalue weighted by Gasteiger charge is 2.17. The zero-order valence-electron chi connectivity index (χ0n) is 9.12. The van der Waals surface area contributed by atoms with Crippen LogP contribution in [0.15, 0.2) is 41.5 Å². The van der Waals surface area contributed by atoms with Gasteiger partial charge in [0.15, 0.2) is 0 Å². The van der Waals surface area contributed by atoms with Crippen LogP contribution in [0, 0.1) is 15.9 Å². The first-order valence-corrected chi connectivity index (χ1v) is 5.03. The summed E-state index contributed by atoms with van der Waals surface area (Å²) >= 11 is 0. The van der Waals surface area contributed by atoms with Crippen LogP contribution >= 0.6 is 0 Å². The van der Waals surface area contributed by atoms with Gasteiger partial charge in [0.25, 0.3) is 0 Å². The third-order valence-corrected chi connectivity index (χ3v) is 2.38. The lowest BCUT2D eigenvalue weighted by Crippen LogP contribution is -2.22. The Labute approximate surface area is 100 Å². The van der Waals surface area contributed by atoms with Crippen LogP contribution in [0.4, 0.5) is 10.1 Å². The molecule has 0 radical (unpaired) electrons. The highest BCUT2D eigenvalue weighted by Crippen LogP contribution is 2.20. The second-order valence-corrected chi connectivity index (χ2v) is 3.54. The molecule has 0 amide bonds. The molecule has 0 spiro atoms. The Kier molecular flexibility index (Phi) is 3.13. The van der Waals surface area contributed by atoms with Gasteiger partial charge in [-0.25, -0.2) is 9.78 Å². The van der Waals surface area contributed by atoms with Gasteiger partial charge in [-0.2, -0.15) is 4.39 Å². The minimum atomic E-state index is -0.932. The van der Waals surface area contributed by atoms with Crippen molar-refractivity contribution in [1.82, 2.24) is 9.55 Å². The highest BCUT2D eigenvalue weighted by atomic mass is 19.1. The molecule has 0 atom stereocenters. The molecule has 92 valence electrons. The number of halogens is 1. The molecule has 0 aliphatic carbocycles. The van der Waals surface area contributed by atoms with E-state index in [1.807, 2.05) is 0 Å². The molecule has 0 aliphatic rings. The Morgan fingerprint density at radius 2 is 2.17 bits per heavy atom. The average Bonchev–Trinajstić information content (AvgIpc) is 2.34. The van der Waals surface area contributed by atoms with Crippen LogP contribution in [0.3, 0.4) is 0 Å². The second-order valence-electron chi connectivity index (χ2n) is 3.54. The first-order valence-electron chi connectivity index (χ1n) is 5.03. The summed E-state index contributed by atoms with van der Waals surface area (Å²) in [6, 6.07) is 5.36. The third-order valence-electron chi connectivity index (χ3n) is 2.38. The fourth-order valence-electron chi connectivity index (χ4n) is 1.52. The van der Waals surface area contributed by atoms with Crippen LogP contribution in [0.25, 0.3) is 0 Å². The molecular weight excluding hydrogens is 241 g/mol. The SMILES string of the molecule is O=c1ncccn1Cc1cccc([N+](=O)[O-])c1F. The fraction of sp³-hybridized carbons (Fsp3) is 0.0909. The van der Waals surface area contributed by atoms with E-state index >= 15 is 0 Å². The number of hydrogen-bond acceptors (Lipinski definition) is 4. The van der Waals surface area contributed by atoms with E-state index in [2.05, 4.69) is 4.98 Å². The van der Waals surface area contributed by atoms with Crippen molar-refractivity contribution in [2.75, 3.05) is 0 Å². The molecule has 6 nitrogen and oxygen atoms in total. The molecule has 0 fully saturated rings. The fourth-order valence-corrected chi connectivity index (χ4v) is 1.52. The largest absolute Gasteiger partial charge is 0.347 e. The Morgan fingerprint density at radius 3 is 2.83 bits per heavy atom. The van der Waals surface area contributed by atoms with Crippen LogP contribution < -0.4 is 5.69 Å². The number of hydrogen-bond donors (Lipinski definition) is 0. The lowest BCUT2D eigenvalue weighted by Gasteiger charge is -2.05. The van der Waals surface area contributed by atoms with E-state index in [0.717, 1.165) is 6.07 Å². The van der Waals surface area contributed by atoms with E-state index in [9.17, 15) is 19.3 Å². The first kappa shape index (κ1) is 11.9. The summed E-state index contributed by atoms with van der Waals surface area (Å²) in [6.07, 6.45) is 2.76. The monoisotopic (exact) mass is 249 g/mol. The molecule has 1 aromatic heterocycles. The molecular formula is C11H8FN3O3. The summed E-state index contributed by atoms with van der Waals surface area (Å²) in [6.45, 7) is -0.0970. The molecule has 0 saturated heterocycles. The minimum absolute atomic E-state index is 0.0688. The van der Waals surface area contributed by atoms with E-state index in [0.29, 0.717) is 0 Å². The molecule has 1 heterocycles. The summed E-state index contributed by atoms with van der Waals surface area (Å²) in [5.74, 6) is -0.932. The maximum Gasteiger partial charge on any atom is 0.347 e. The average molecular weight is 249 g/mol. The zero-order valence-corrected chi connectivity index (χ0v) is 9.12. The molecule has 0 aliphatic heterocycles. The lowest BCUT2D eigenvalue weighted by atomic mass is 10.2. The number of nitro groups is 1. The molecule has 2 rings (SSSR count). The number of benzene rings is 1. The second kappa shape index (κ2) is 4.74. The Hall–Kier alpha value is -2.57. The molecule has 0 N–H and O–H groups in total. The van der Waals surface area contributed by atoms with Crippen molar-refractivity contribution in [3.05, 3.63) is 68.6 Å². The van der Waals surface area contributed by atoms with Gasteiger partial charge in [-0.1, -0.05) is 12.1 Å². The quantitative estimate of drug-likeness (QED) is 0.607. The van der Waals surface area contributed by atoms with E-state index in [1.165, 1.54) is 35.2 Å². The van der Waals surface area contributed by atoms with Crippen LogP contribution in [0.1, 0.15) is 5.56 Å². The third kappa shape index (κ3) is 2.24. The minimum Gasteiger partial charge on any atom is -0.295 e. The summed E-state index contributed by atoms with van der Waals surface area (Å²) in [4.78, 5) is 24.6. The summed E-state index contributed by atoms with van der Waals surface area (Å²) in [5.41, 5.74) is -1.08. The van der Waals surface area contributed by atoms with Crippen LogP contribution in [0.5, 0.6) is 0 Å². The molecule has 0 unspecified atom stereocenters. The van der Waals surface area contributed by atoms with Gasteiger partial charge in [0.1, 0.15) is 0 Å². The topological polar surface area (TPSA) is 78.0 Å². The van der Waals surface area contributed by atoms with Gasteiger partial charge in [0.2, 0.25) is 5.82 Å². The normalized spacial score (nSPS) is 10.3. The Morgan fingerprint density at radius 1 is 1.39 bits per heavy atom. The van der Waals surface area contributed by atoms with Crippen molar-refractivity contribution >= 4 is 5.69 Å². The van der Waals surface area contributed by atoms with E-state index in [-0.39, 0.29) is 12.1 Å². The van der Waals surface area contributed by atoms with E-state index in [4.69, 9.17) is 0 Å². The lowest BCUT2D eigenvalue weighted by molar-refractivity contribution is -0.387. The van der Waals surface area contributed by atoms with Crippen LogP contribution in [0.2, 0.25) is 0 Å². The van der Waals surface area contributed by atoms with Crippen molar-refractivity contribution in [1.29, 1.82) is 0 Å². The Balaban J connectivity index is 2.42. The maximum atomic E-state index is 13.8. The number of nitro benzene ring substituents is 1. The summed E-state index contributed by atoms with van der Waals surface area (Å²) in [7, 11) is 0. The van der Waals surface area contributed by atoms with Gasteiger partial charge in [-0.05, 0) is 6.07 Å². The number of nitrogens with zero attached hydrogens (tertiary/aromatic N) is 3. The molecule has 7 heteroatoms. The summed E-state index contributed by atoms with van der Waals surface area (Å²) in [5, 5.41) is 10.6. The highest BCUT2D eigenvalue weighted by molar-refractivity contribution is 5.36. The number of aromatic nitrogens is 2. The predicted octanol–water partition coefficient (Wildman–Crippen LogP) is 1.34. The van der Waals surface area contributed by atoms with Gasteiger partial charge in [0, 0.05) is 24.0 Å². The molecule has 18 heavy (non-hydrogen) atoms. The summed E-state index contributed by atoms with van der Waals surface area (Å²) < 4.78 is 14.9. The van der Waals surface area contributed by atoms with Crippen molar-refractivity contribution in [3.63, 3.8) is 0 Å². The van der Waals surface area contributed by atoms with E-state index in [1.54, 1.807) is 0 Å². The molecule has 0 bridgehead atoms. The van der Waals surface area contributed by atoms with Gasteiger partial charge in [0.05, 0.1) is 11.5 Å². The zero-order chi connectivity index (χ0) is 13.1. The van der Waals surface area contributed by atoms with Crippen molar-refractivity contribution in [2.24, 2.45) is 0 Å². The van der Waals surface area contributed by atoms with Gasteiger partial charge in [-0.3, -0.25) is 14.7 Å². The van der Waals surface area contributed by atoms with Crippen molar-refractivity contribution in [3.8, 4) is 0 Å². The van der Waals surface area contributed by atoms with Crippen LogP contribution in [-0.2, 0) is 6.54 Å². The van der Waals surface area contributed by atoms with Gasteiger partial charge in [-0.15, -0.1) is 0 Å². The van der Waals surface area contributed by atoms with Gasteiger partial charge < -0.3 is 0 Å². The van der Waals surface area contributed by atoms with Crippen molar-refractivity contribution < 1.29 is 9.31 Å². The number of rotatable bonds is 3. The van der Waals surface area contributed by atoms with Crippen molar-refractivity contribution in [2.45, 2.75) is 6.54 Å². The molecule has 2 aromatic rings. The van der Waals surface area contributed by atoms with E-state index < -0.39 is 22.1 Å². The molecule has 0 saturated carbocycles. The first-order chi connectivity index (χ1) is 8.59. The predicted molar refractivity (Wildman–Crippen MR) is 60.7 cm³/mol.